The number of nitrogens with one attached hydrogen (secondary N) is 1. The number of nitrogen functional groups attached to an aromatic ring is 2. The first-order valence-electron chi connectivity index (χ1n) is 43.8. The summed E-state index contributed by atoms with van der Waals surface area (Å²) in [6.45, 7) is 8.15. The molecule has 1 amide bonds. The van der Waals surface area contributed by atoms with E-state index in [1.807, 2.05) is 133 Å². The fourth-order valence-corrected chi connectivity index (χ4v) is 15.5. The second-order valence-corrected chi connectivity index (χ2v) is 35.8. The van der Waals surface area contributed by atoms with Gasteiger partial charge in [0.15, 0.2) is 5.69 Å². The van der Waals surface area contributed by atoms with Crippen molar-refractivity contribution >= 4 is 108 Å². The van der Waals surface area contributed by atoms with Crippen LogP contribution in [0.25, 0.3) is 11.4 Å². The third-order valence-electron chi connectivity index (χ3n) is 22.3. The molecule has 0 saturated carbocycles. The Hall–Kier alpha value is -12.3. The molecule has 19 rings (SSSR count). The van der Waals surface area contributed by atoms with Crippen molar-refractivity contribution in [3.63, 3.8) is 0 Å². The summed E-state index contributed by atoms with van der Waals surface area (Å²) in [5, 5.41) is 52.4. The standard InChI is InChI=1S/C23H23ClN2O3.C23H23NO2.C20H18BrN.C16H15NO4.C11H9ClF3N3.C9H11NO2.C6H6BrN.ClH/c1-16-11-21(26(25-16)20-4-2-3-19(24)13-20)9-10-22(27)12-17-5-7-18(8-6-17)23(28)14-29-15-23;25-23(17-26-18-23)21-11-13-22(14-12-21)24(15-19-7-3-1-4-8-19)16-20-9-5-2-6-10-20;21-19-11-13-20(14-12-19)22(15-17-7-3-1-4-8-17)16-18-9-5-2-6-10-18;18-15(21-14-4-2-1-3-5-14)17-13-8-6-12(7-9-13)16(19)10-20-11-16;12-7-2-1-3-8(4-7)18-9(6-16)5-10(17-18)11(13,14)15;10-8-3-1-7(2-4-8)9(11)5-12-6-9;7-5-1-3-6(8)4-2-5;/h2-8,11,13,28H,9-10,12,14-15H2,1H3;1-14,25H,15-18H2;1-14H,15-16H2;1-9,19H,10-11H2,(H,17,18);1-5H,6,16H2;1-4,11H,5-6,10H2;1-4H,8H2;1H. The van der Waals surface area contributed by atoms with E-state index < -0.39 is 40.4 Å². The van der Waals surface area contributed by atoms with E-state index >= 15 is 0 Å². The lowest BCUT2D eigenvalue weighted by molar-refractivity contribution is -0.184. The SMILES string of the molecule is Brc1ccc(N(Cc2ccccc2)Cc2ccccc2)cc1.Cc1cc(CCC(=O)Cc2ccc(C3(O)COC3)cc2)n(-c2cccc(Cl)c2)n1.Cl.NCc1cc(C(F)(F)F)nn1-c1cccc(Cl)c1.Nc1ccc(Br)cc1.Nc1ccc(C2(O)COC2)cc1.O=C(Nc1ccc(C2(O)COC2)cc1)Oc1ccccc1.OC1(c2ccc(N(Cc3ccccc3)Cc3ccccc3)cc2)COC1. The first-order valence-corrected chi connectivity index (χ1v) is 46.2. The van der Waals surface area contributed by atoms with Gasteiger partial charge in [-0.3, -0.25) is 10.1 Å². The zero-order valence-electron chi connectivity index (χ0n) is 75.0. The maximum absolute atomic E-state index is 12.6. The van der Waals surface area contributed by atoms with E-state index in [-0.39, 0.29) is 30.4 Å². The predicted molar refractivity (Wildman–Crippen MR) is 542 cm³/mol. The number of hydrogen-bond donors (Lipinski definition) is 8. The number of nitrogens with zero attached hydrogens (tertiary/aromatic N) is 6. The zero-order chi connectivity index (χ0) is 96.1. The van der Waals surface area contributed by atoms with Crippen molar-refractivity contribution in [2.24, 2.45) is 5.73 Å². The Labute approximate surface area is 827 Å². The number of carbonyl (C=O) groups excluding carboxylic acids is 2. The van der Waals surface area contributed by atoms with Crippen molar-refractivity contribution in [2.75, 3.05) is 79.4 Å². The number of hydrogen-bond acceptors (Lipinski definition) is 18. The molecular formula is C108H106Br2Cl3F3N10O11. The molecule has 4 saturated heterocycles. The minimum Gasteiger partial charge on any atom is -0.410 e. The van der Waals surface area contributed by atoms with Crippen molar-refractivity contribution in [3.05, 3.63) is 450 Å². The van der Waals surface area contributed by atoms with Gasteiger partial charge in [0.1, 0.15) is 33.9 Å². The van der Waals surface area contributed by atoms with Crippen molar-refractivity contribution in [1.82, 2.24) is 19.6 Å². The fourth-order valence-electron chi connectivity index (χ4n) is 14.6. The Morgan fingerprint density at radius 2 is 0.781 bits per heavy atom. The van der Waals surface area contributed by atoms with E-state index in [9.17, 15) is 43.2 Å². The smallest absolute Gasteiger partial charge is 0.410 e. The van der Waals surface area contributed by atoms with Crippen LogP contribution in [0.15, 0.2) is 367 Å². The van der Waals surface area contributed by atoms with E-state index in [1.54, 1.807) is 78.9 Å². The summed E-state index contributed by atoms with van der Waals surface area (Å²) in [5.41, 5.74) is 29.5. The highest BCUT2D eigenvalue weighted by Gasteiger charge is 2.41. The minimum atomic E-state index is -4.49. The number of aryl methyl sites for hydroxylation is 2. The van der Waals surface area contributed by atoms with Gasteiger partial charge in [0.05, 0.1) is 75.6 Å². The number of aromatic nitrogens is 4. The van der Waals surface area contributed by atoms with Gasteiger partial charge in [0.2, 0.25) is 0 Å². The summed E-state index contributed by atoms with van der Waals surface area (Å²) in [7, 11) is 0. The topological polar surface area (TPSA) is 293 Å². The number of benzene rings is 13. The molecule has 710 valence electrons. The largest absolute Gasteiger partial charge is 0.435 e. The summed E-state index contributed by atoms with van der Waals surface area (Å²) in [4.78, 5) is 29.0. The van der Waals surface area contributed by atoms with Gasteiger partial charge in [-0.2, -0.15) is 23.4 Å². The van der Waals surface area contributed by atoms with E-state index in [2.05, 4.69) is 203 Å². The lowest BCUT2D eigenvalue weighted by Gasteiger charge is -2.37. The molecule has 11 N–H and O–H groups in total. The summed E-state index contributed by atoms with van der Waals surface area (Å²) < 4.78 is 68.2. The molecule has 21 nitrogen and oxygen atoms in total. The summed E-state index contributed by atoms with van der Waals surface area (Å²) in [6.07, 6.45) is -3.63. The number of alkyl halides is 3. The molecule has 29 heteroatoms. The van der Waals surface area contributed by atoms with Crippen molar-refractivity contribution in [3.8, 4) is 17.1 Å². The monoisotopic (exact) mass is 2040 g/mol. The molecule has 0 radical (unpaired) electrons. The van der Waals surface area contributed by atoms with Gasteiger partial charge < -0.3 is 71.1 Å². The summed E-state index contributed by atoms with van der Waals surface area (Å²) in [6, 6.07) is 114. The third kappa shape index (κ3) is 30.6. The number of nitrogens with two attached hydrogens (primary N) is 3. The van der Waals surface area contributed by atoms with Crippen LogP contribution in [-0.4, -0.2) is 105 Å². The summed E-state index contributed by atoms with van der Waals surface area (Å²) >= 11 is 18.7. The minimum absolute atomic E-state index is 0. The van der Waals surface area contributed by atoms with Crippen LogP contribution < -0.4 is 37.1 Å². The molecule has 4 aliphatic heterocycles. The molecule has 4 fully saturated rings. The number of rotatable bonds is 24. The second-order valence-electron chi connectivity index (χ2n) is 33.0. The van der Waals surface area contributed by atoms with Crippen LogP contribution in [0.4, 0.5) is 46.4 Å². The number of amides is 1. The number of ether oxygens (including phenoxy) is 5. The van der Waals surface area contributed by atoms with Gasteiger partial charge in [0, 0.05) is 98.7 Å². The Balaban J connectivity index is 0.000000147. The van der Waals surface area contributed by atoms with Crippen LogP contribution in [0.3, 0.4) is 0 Å². The second kappa shape index (κ2) is 49.6. The van der Waals surface area contributed by atoms with E-state index in [0.29, 0.717) is 105 Å². The van der Waals surface area contributed by atoms with Crippen LogP contribution in [0, 0.1) is 6.92 Å². The molecule has 0 bridgehead atoms. The molecular weight excluding hydrogens is 1940 g/mol. The zero-order valence-corrected chi connectivity index (χ0v) is 80.5. The van der Waals surface area contributed by atoms with Crippen LogP contribution in [0.2, 0.25) is 10.0 Å². The highest BCUT2D eigenvalue weighted by molar-refractivity contribution is 9.10. The fraction of sp³-hybridized carbons (Fsp3) is 0.204. The average Bonchev–Trinajstić information content (AvgIpc) is 1.78. The normalized spacial score (nSPS) is 14.1. The molecule has 137 heavy (non-hydrogen) atoms. The number of aliphatic hydroxyl groups is 4. The van der Waals surface area contributed by atoms with Gasteiger partial charge in [-0.05, 0) is 209 Å². The Kier molecular flexibility index (Phi) is 37.5. The van der Waals surface area contributed by atoms with E-state index in [4.69, 9.17) is 64.1 Å². The predicted octanol–water partition coefficient (Wildman–Crippen LogP) is 22.0. The maximum atomic E-state index is 12.6. The molecule has 2 aromatic heterocycles. The molecule has 4 aliphatic rings. The lowest BCUT2D eigenvalue weighted by atomic mass is 9.91. The lowest BCUT2D eigenvalue weighted by Crippen LogP contribution is -2.46. The van der Waals surface area contributed by atoms with Gasteiger partial charge in [-0.15, -0.1) is 12.4 Å². The third-order valence-corrected chi connectivity index (χ3v) is 23.9. The first-order chi connectivity index (χ1) is 65.5. The molecule has 0 spiro atoms. The maximum Gasteiger partial charge on any atom is 0.435 e. The highest BCUT2D eigenvalue weighted by Crippen LogP contribution is 2.37. The molecule has 0 aliphatic carbocycles. The van der Waals surface area contributed by atoms with Crippen LogP contribution in [0.5, 0.6) is 5.75 Å². The van der Waals surface area contributed by atoms with E-state index in [0.717, 1.165) is 102 Å². The quantitative estimate of drug-likeness (QED) is 0.0261. The number of ketones is 1. The molecule has 13 aromatic carbocycles. The van der Waals surface area contributed by atoms with Crippen LogP contribution >= 0.6 is 67.5 Å². The van der Waals surface area contributed by atoms with E-state index in [1.165, 1.54) is 34.0 Å². The van der Waals surface area contributed by atoms with Crippen LogP contribution in [-0.2, 0) is 97.9 Å². The molecule has 6 heterocycles. The van der Waals surface area contributed by atoms with Crippen molar-refractivity contribution in [1.29, 1.82) is 0 Å². The van der Waals surface area contributed by atoms with Gasteiger partial charge in [0.25, 0.3) is 0 Å². The number of para-hydroxylation sites is 1. The van der Waals surface area contributed by atoms with Crippen molar-refractivity contribution in [2.45, 2.75) is 87.5 Å². The summed E-state index contributed by atoms with van der Waals surface area (Å²) in [5.74, 6) is 0.646. The first kappa shape index (κ1) is 104. The number of Topliss-reactive ketones (excluding diaryl/α,β-unsaturated/α-hetero) is 1. The average molecular weight is 2040 g/mol. The van der Waals surface area contributed by atoms with Crippen molar-refractivity contribution < 1.29 is 66.9 Å². The Bertz CT molecular complexity index is 6160. The Morgan fingerprint density at radius 3 is 1.14 bits per heavy atom. The Morgan fingerprint density at radius 1 is 0.438 bits per heavy atom. The van der Waals surface area contributed by atoms with Gasteiger partial charge in [-0.25, -0.2) is 14.2 Å². The number of anilines is 5. The molecule has 0 unspecified atom stereocenters. The molecule has 15 aromatic rings. The number of halogens is 8. The highest BCUT2D eigenvalue weighted by atomic mass is 79.9. The van der Waals surface area contributed by atoms with Crippen LogP contribution in [0.1, 0.15) is 79.3 Å². The number of carbonyl (C=O) groups is 2. The van der Waals surface area contributed by atoms with Gasteiger partial charge >= 0.3 is 12.3 Å². The van der Waals surface area contributed by atoms with Gasteiger partial charge in [-0.1, -0.05) is 267 Å². The molecule has 0 atom stereocenters.